The van der Waals surface area contributed by atoms with Gasteiger partial charge >= 0.3 is 0 Å². The van der Waals surface area contributed by atoms with E-state index in [1.54, 1.807) is 18.2 Å². The van der Waals surface area contributed by atoms with E-state index in [2.05, 4.69) is 0 Å². The second-order valence-corrected chi connectivity index (χ2v) is 9.25. The molecule has 2 heterocycles. The van der Waals surface area contributed by atoms with Crippen molar-refractivity contribution >= 4 is 16.7 Å². The molecule has 1 aliphatic carbocycles. The number of hydrogen-bond donors (Lipinski definition) is 0. The summed E-state index contributed by atoms with van der Waals surface area (Å²) in [7, 11) is -1.24. The lowest BCUT2D eigenvalue weighted by atomic mass is 9.86. The summed E-state index contributed by atoms with van der Waals surface area (Å²) in [6.45, 7) is 3.81. The van der Waals surface area contributed by atoms with Gasteiger partial charge in [0.1, 0.15) is 13.2 Å². The highest BCUT2D eigenvalue weighted by atomic mass is 32.2. The molecule has 27 heavy (non-hydrogen) atoms. The zero-order valence-electron chi connectivity index (χ0n) is 15.6. The molecule has 7 heteroatoms. The monoisotopic (exact) mass is 393 g/mol. The van der Waals surface area contributed by atoms with Crippen molar-refractivity contribution in [3.05, 3.63) is 18.2 Å². The average Bonchev–Trinajstić information content (AvgIpc) is 3.05. The number of fused-ring (bicyclic) bond motifs is 1. The molecule has 1 saturated carbocycles. The Bertz CT molecular complexity index is 716. The van der Waals surface area contributed by atoms with E-state index in [-0.39, 0.29) is 17.7 Å². The van der Waals surface area contributed by atoms with Crippen LogP contribution in [0.25, 0.3) is 0 Å². The highest BCUT2D eigenvalue weighted by molar-refractivity contribution is 7.85. The van der Waals surface area contributed by atoms with Crippen LogP contribution in [0.4, 0.5) is 0 Å². The normalized spacial score (nSPS) is 22.4. The van der Waals surface area contributed by atoms with Crippen LogP contribution in [0.15, 0.2) is 23.1 Å². The minimum atomic E-state index is -1.24. The Labute approximate surface area is 162 Å². The quantitative estimate of drug-likeness (QED) is 0.786. The van der Waals surface area contributed by atoms with Crippen molar-refractivity contribution < 1.29 is 23.2 Å². The predicted octanol–water partition coefficient (Wildman–Crippen LogP) is 2.37. The summed E-state index contributed by atoms with van der Waals surface area (Å²) >= 11 is 0. The molecule has 1 spiro atoms. The first-order valence-electron chi connectivity index (χ1n) is 9.79. The molecule has 1 aromatic carbocycles. The fourth-order valence-corrected chi connectivity index (χ4v) is 5.31. The van der Waals surface area contributed by atoms with E-state index in [4.69, 9.17) is 14.2 Å². The van der Waals surface area contributed by atoms with Crippen molar-refractivity contribution in [2.45, 2.75) is 37.0 Å². The van der Waals surface area contributed by atoms with Gasteiger partial charge in [-0.25, -0.2) is 0 Å². The van der Waals surface area contributed by atoms with Crippen molar-refractivity contribution in [1.29, 1.82) is 0 Å². The van der Waals surface area contributed by atoms with Crippen LogP contribution in [-0.4, -0.2) is 60.3 Å². The van der Waals surface area contributed by atoms with Crippen LogP contribution >= 0.6 is 0 Å². The molecule has 2 aliphatic heterocycles. The second-order valence-electron chi connectivity index (χ2n) is 7.68. The van der Waals surface area contributed by atoms with Gasteiger partial charge in [0.2, 0.25) is 5.91 Å². The first-order valence-corrected chi connectivity index (χ1v) is 11.1. The molecule has 4 rings (SSSR count). The van der Waals surface area contributed by atoms with Gasteiger partial charge in [-0.1, -0.05) is 12.8 Å². The van der Waals surface area contributed by atoms with Gasteiger partial charge in [-0.2, -0.15) is 0 Å². The molecule has 3 aliphatic rings. The van der Waals surface area contributed by atoms with Crippen molar-refractivity contribution in [2.24, 2.45) is 5.41 Å². The minimum Gasteiger partial charge on any atom is -0.486 e. The number of carbonyl (C=O) groups excluding carboxylic acids is 1. The summed E-state index contributed by atoms with van der Waals surface area (Å²) in [5.41, 5.74) is 0.140. The van der Waals surface area contributed by atoms with Crippen molar-refractivity contribution in [3.63, 3.8) is 0 Å². The van der Waals surface area contributed by atoms with Crippen LogP contribution < -0.4 is 9.47 Å². The maximum absolute atomic E-state index is 12.8. The number of carbonyl (C=O) groups is 1. The SMILES string of the molecule is O=C(CCS(=O)c1ccc2c(c1)OCCO2)N1CCOCC2(CCCC2)C1. The fourth-order valence-electron chi connectivity index (χ4n) is 4.25. The van der Waals surface area contributed by atoms with Gasteiger partial charge in [0, 0.05) is 41.6 Å². The summed E-state index contributed by atoms with van der Waals surface area (Å²) in [5.74, 6) is 1.72. The Morgan fingerprint density at radius 3 is 2.70 bits per heavy atom. The van der Waals surface area contributed by atoms with E-state index in [9.17, 15) is 9.00 Å². The van der Waals surface area contributed by atoms with Crippen LogP contribution in [0.3, 0.4) is 0 Å². The molecular weight excluding hydrogens is 366 g/mol. The first-order chi connectivity index (χ1) is 13.2. The van der Waals surface area contributed by atoms with E-state index in [1.807, 2.05) is 4.90 Å². The summed E-state index contributed by atoms with van der Waals surface area (Å²) in [6, 6.07) is 5.35. The molecular formula is C20H27NO5S. The summed E-state index contributed by atoms with van der Waals surface area (Å²) in [4.78, 5) is 15.4. The van der Waals surface area contributed by atoms with Gasteiger partial charge in [0.25, 0.3) is 0 Å². The maximum Gasteiger partial charge on any atom is 0.223 e. The van der Waals surface area contributed by atoms with Gasteiger partial charge in [0.15, 0.2) is 11.5 Å². The van der Waals surface area contributed by atoms with Crippen molar-refractivity contribution in [1.82, 2.24) is 4.90 Å². The molecule has 0 N–H and O–H groups in total. The van der Waals surface area contributed by atoms with Crippen LogP contribution in [0, 0.1) is 5.41 Å². The molecule has 6 nitrogen and oxygen atoms in total. The number of ether oxygens (including phenoxy) is 3. The number of nitrogens with zero attached hydrogens (tertiary/aromatic N) is 1. The average molecular weight is 394 g/mol. The number of benzene rings is 1. The molecule has 0 radical (unpaired) electrons. The Hall–Kier alpha value is -1.60. The molecule has 1 amide bonds. The van der Waals surface area contributed by atoms with Crippen LogP contribution in [-0.2, 0) is 20.3 Å². The third-order valence-corrected chi connectivity index (χ3v) is 7.09. The Morgan fingerprint density at radius 2 is 1.89 bits per heavy atom. The lowest BCUT2D eigenvalue weighted by molar-refractivity contribution is -0.131. The summed E-state index contributed by atoms with van der Waals surface area (Å²) < 4.78 is 29.5. The molecule has 148 valence electrons. The minimum absolute atomic E-state index is 0.0812. The Morgan fingerprint density at radius 1 is 1.11 bits per heavy atom. The summed E-state index contributed by atoms with van der Waals surface area (Å²) in [6.07, 6.45) is 5.01. The maximum atomic E-state index is 12.8. The van der Waals surface area contributed by atoms with Crippen molar-refractivity contribution in [2.75, 3.05) is 45.3 Å². The summed E-state index contributed by atoms with van der Waals surface area (Å²) in [5, 5.41) is 0. The zero-order chi connectivity index (χ0) is 18.7. The highest BCUT2D eigenvalue weighted by Gasteiger charge is 2.38. The predicted molar refractivity (Wildman–Crippen MR) is 102 cm³/mol. The largest absolute Gasteiger partial charge is 0.486 e. The van der Waals surface area contributed by atoms with Gasteiger partial charge in [0.05, 0.1) is 24.0 Å². The van der Waals surface area contributed by atoms with Gasteiger partial charge in [-0.3, -0.25) is 9.00 Å². The zero-order valence-corrected chi connectivity index (χ0v) is 16.4. The standard InChI is InChI=1S/C20H27NO5S/c22-19(21-8-9-24-15-20(14-21)6-1-2-7-20)5-12-27(23)16-3-4-17-18(13-16)26-11-10-25-17/h3-4,13H,1-2,5-12,14-15H2. The molecule has 0 aromatic heterocycles. The molecule has 2 fully saturated rings. The third-order valence-electron chi connectivity index (χ3n) is 5.73. The number of amides is 1. The lowest BCUT2D eigenvalue weighted by Crippen LogP contribution is -2.40. The Kier molecular flexibility index (Phi) is 5.68. The van der Waals surface area contributed by atoms with Gasteiger partial charge in [-0.15, -0.1) is 0 Å². The molecule has 1 unspecified atom stereocenters. The van der Waals surface area contributed by atoms with E-state index >= 15 is 0 Å². The number of hydrogen-bond acceptors (Lipinski definition) is 5. The van der Waals surface area contributed by atoms with E-state index < -0.39 is 10.8 Å². The van der Waals surface area contributed by atoms with Crippen molar-refractivity contribution in [3.8, 4) is 11.5 Å². The lowest BCUT2D eigenvalue weighted by Gasteiger charge is -2.31. The smallest absolute Gasteiger partial charge is 0.223 e. The van der Waals surface area contributed by atoms with Gasteiger partial charge < -0.3 is 19.1 Å². The molecule has 0 bridgehead atoms. The van der Waals surface area contributed by atoms with E-state index in [1.165, 1.54) is 12.8 Å². The fraction of sp³-hybridized carbons (Fsp3) is 0.650. The molecule has 1 atom stereocenters. The Balaban J connectivity index is 1.35. The van der Waals surface area contributed by atoms with Crippen LogP contribution in [0.5, 0.6) is 11.5 Å². The van der Waals surface area contributed by atoms with Crippen LogP contribution in [0.1, 0.15) is 32.1 Å². The van der Waals surface area contributed by atoms with E-state index in [0.717, 1.165) is 26.0 Å². The molecule has 1 saturated heterocycles. The number of rotatable bonds is 4. The molecule has 1 aromatic rings. The van der Waals surface area contributed by atoms with Crippen LogP contribution in [0.2, 0.25) is 0 Å². The second kappa shape index (κ2) is 8.19. The van der Waals surface area contributed by atoms with Gasteiger partial charge in [-0.05, 0) is 25.0 Å². The topological polar surface area (TPSA) is 65.1 Å². The third kappa shape index (κ3) is 4.29. The van der Waals surface area contributed by atoms with E-state index in [0.29, 0.717) is 48.5 Å². The highest BCUT2D eigenvalue weighted by Crippen LogP contribution is 2.40. The first kappa shape index (κ1) is 18.7.